The number of nitrogens with two attached hydrogens (primary N) is 1. The molecule has 0 unspecified atom stereocenters. The Kier molecular flexibility index (Phi) is 4.55. The second-order valence-corrected chi connectivity index (χ2v) is 6.37. The minimum absolute atomic E-state index is 0.313. The maximum atomic E-state index is 11.6. The highest BCUT2D eigenvalue weighted by molar-refractivity contribution is 7.15. The van der Waals surface area contributed by atoms with Crippen LogP contribution in [0.2, 0.25) is 0 Å². The Labute approximate surface area is 137 Å². The van der Waals surface area contributed by atoms with Crippen LogP contribution >= 0.6 is 11.3 Å². The zero-order chi connectivity index (χ0) is 17.3. The second kappa shape index (κ2) is 6.25. The van der Waals surface area contributed by atoms with E-state index in [-0.39, 0.29) is 0 Å². The molecule has 7 nitrogen and oxygen atoms in total. The molecule has 4 N–H and O–H groups in total. The van der Waals surface area contributed by atoms with E-state index in [0.29, 0.717) is 10.6 Å². The maximum absolute atomic E-state index is 11.6. The molecule has 2 aromatic rings. The van der Waals surface area contributed by atoms with Gasteiger partial charge in [-0.1, -0.05) is 0 Å². The standard InChI is InChI=1S/C15H18N4O3S/c1-7-5-11(6-17-18-15(16)22)9(3)19(7)13-12(14(20)21)8(2)10(4)23-13/h5-6H,1-4H3,(H,20,21)(H3,16,18,22)/b17-6-. The minimum Gasteiger partial charge on any atom is -0.478 e. The number of hydrogen-bond donors (Lipinski definition) is 3. The third kappa shape index (κ3) is 3.11. The van der Waals surface area contributed by atoms with Gasteiger partial charge >= 0.3 is 12.0 Å². The van der Waals surface area contributed by atoms with Crippen molar-refractivity contribution in [3.8, 4) is 5.00 Å². The van der Waals surface area contributed by atoms with E-state index in [9.17, 15) is 14.7 Å². The number of urea groups is 1. The molecule has 0 aliphatic heterocycles. The lowest BCUT2D eigenvalue weighted by molar-refractivity contribution is 0.0696. The van der Waals surface area contributed by atoms with Gasteiger partial charge in [0.25, 0.3) is 0 Å². The van der Waals surface area contributed by atoms with Crippen molar-refractivity contribution in [2.45, 2.75) is 27.7 Å². The molecule has 0 aromatic carbocycles. The van der Waals surface area contributed by atoms with Crippen LogP contribution in [0.1, 0.15) is 37.7 Å². The van der Waals surface area contributed by atoms with Crippen LogP contribution in [-0.2, 0) is 0 Å². The van der Waals surface area contributed by atoms with Crippen LogP contribution in [0.3, 0.4) is 0 Å². The topological polar surface area (TPSA) is 110 Å². The minimum atomic E-state index is -0.944. The number of aromatic carboxylic acids is 1. The Hall–Kier alpha value is -2.61. The van der Waals surface area contributed by atoms with E-state index in [1.807, 2.05) is 38.3 Å². The molecule has 2 aromatic heterocycles. The van der Waals surface area contributed by atoms with Gasteiger partial charge in [0.2, 0.25) is 0 Å². The Morgan fingerprint density at radius 2 is 2.00 bits per heavy atom. The molecule has 8 heteroatoms. The van der Waals surface area contributed by atoms with E-state index < -0.39 is 12.0 Å². The fraction of sp³-hybridized carbons (Fsp3) is 0.267. The molecule has 122 valence electrons. The third-order valence-electron chi connectivity index (χ3n) is 3.63. The van der Waals surface area contributed by atoms with Crippen LogP contribution in [0, 0.1) is 27.7 Å². The molecule has 0 saturated heterocycles. The van der Waals surface area contributed by atoms with Crippen molar-refractivity contribution in [2.24, 2.45) is 10.8 Å². The summed E-state index contributed by atoms with van der Waals surface area (Å²) in [4.78, 5) is 23.2. The van der Waals surface area contributed by atoms with Crippen molar-refractivity contribution in [2.75, 3.05) is 0 Å². The van der Waals surface area contributed by atoms with Gasteiger partial charge < -0.3 is 15.4 Å². The molecule has 0 bridgehead atoms. The fourth-order valence-electron chi connectivity index (χ4n) is 2.41. The highest BCUT2D eigenvalue weighted by atomic mass is 32.1. The number of aryl methyl sites for hydroxylation is 2. The number of hydrogen-bond acceptors (Lipinski definition) is 4. The summed E-state index contributed by atoms with van der Waals surface area (Å²) in [5.74, 6) is -0.944. The quantitative estimate of drug-likeness (QED) is 0.590. The highest BCUT2D eigenvalue weighted by Gasteiger charge is 2.22. The summed E-state index contributed by atoms with van der Waals surface area (Å²) in [5, 5.41) is 13.9. The van der Waals surface area contributed by atoms with Crippen LogP contribution in [0.25, 0.3) is 5.00 Å². The van der Waals surface area contributed by atoms with Gasteiger partial charge in [-0.25, -0.2) is 15.0 Å². The van der Waals surface area contributed by atoms with Crippen molar-refractivity contribution in [1.82, 2.24) is 9.99 Å². The fourth-order valence-corrected chi connectivity index (χ4v) is 3.67. The summed E-state index contributed by atoms with van der Waals surface area (Å²) in [7, 11) is 0. The number of aromatic nitrogens is 1. The van der Waals surface area contributed by atoms with Gasteiger partial charge in [0.1, 0.15) is 5.00 Å². The molecule has 2 rings (SSSR count). The molecule has 2 heterocycles. The summed E-state index contributed by atoms with van der Waals surface area (Å²) >= 11 is 1.44. The van der Waals surface area contributed by atoms with Crippen molar-refractivity contribution < 1.29 is 14.7 Å². The number of carbonyl (C=O) groups is 2. The average molecular weight is 334 g/mol. The van der Waals surface area contributed by atoms with E-state index in [1.165, 1.54) is 17.6 Å². The van der Waals surface area contributed by atoms with Crippen molar-refractivity contribution in [1.29, 1.82) is 0 Å². The first-order chi connectivity index (χ1) is 10.7. The molecular weight excluding hydrogens is 316 g/mol. The lowest BCUT2D eigenvalue weighted by Crippen LogP contribution is -2.24. The first kappa shape index (κ1) is 16.8. The van der Waals surface area contributed by atoms with E-state index in [1.54, 1.807) is 0 Å². The average Bonchev–Trinajstić information content (AvgIpc) is 2.87. The number of amides is 2. The molecule has 0 saturated carbocycles. The van der Waals surface area contributed by atoms with E-state index >= 15 is 0 Å². The molecule has 0 aliphatic carbocycles. The molecule has 23 heavy (non-hydrogen) atoms. The monoisotopic (exact) mass is 334 g/mol. The van der Waals surface area contributed by atoms with Crippen LogP contribution in [-0.4, -0.2) is 27.9 Å². The van der Waals surface area contributed by atoms with E-state index in [0.717, 1.165) is 27.4 Å². The first-order valence-electron chi connectivity index (χ1n) is 6.85. The Balaban J connectivity index is 2.56. The number of rotatable bonds is 4. The summed E-state index contributed by atoms with van der Waals surface area (Å²) in [6.45, 7) is 7.48. The van der Waals surface area contributed by atoms with Crippen molar-refractivity contribution in [3.05, 3.63) is 39.0 Å². The molecule has 0 radical (unpaired) electrons. The molecular formula is C15H18N4O3S. The third-order valence-corrected chi connectivity index (χ3v) is 4.82. The number of carbonyl (C=O) groups excluding carboxylic acids is 1. The molecule has 0 fully saturated rings. The van der Waals surface area contributed by atoms with Crippen molar-refractivity contribution >= 4 is 29.6 Å². The van der Waals surface area contributed by atoms with Gasteiger partial charge in [-0.15, -0.1) is 11.3 Å². The van der Waals surface area contributed by atoms with Gasteiger partial charge in [-0.05, 0) is 39.3 Å². The Morgan fingerprint density at radius 3 is 2.57 bits per heavy atom. The van der Waals surface area contributed by atoms with Gasteiger partial charge in [0.05, 0.1) is 11.8 Å². The lowest BCUT2D eigenvalue weighted by atomic mass is 10.1. The summed E-state index contributed by atoms with van der Waals surface area (Å²) in [6.07, 6.45) is 1.48. The number of carboxylic acid groups (broad SMARTS) is 1. The SMILES string of the molecule is Cc1sc(-n2c(C)cc(/C=N\NC(N)=O)c2C)c(C(=O)O)c1C. The summed E-state index contributed by atoms with van der Waals surface area (Å²) in [6, 6.07) is 1.13. The number of primary amides is 1. The normalized spacial score (nSPS) is 11.1. The van der Waals surface area contributed by atoms with Gasteiger partial charge in [0.15, 0.2) is 0 Å². The lowest BCUT2D eigenvalue weighted by Gasteiger charge is -2.08. The number of nitrogens with one attached hydrogen (secondary N) is 1. The number of carboxylic acids is 1. The number of hydrazone groups is 1. The van der Waals surface area contributed by atoms with Crippen LogP contribution in [0.5, 0.6) is 0 Å². The Bertz CT molecular complexity index is 817. The predicted molar refractivity (Wildman–Crippen MR) is 89.9 cm³/mol. The molecule has 0 atom stereocenters. The highest BCUT2D eigenvalue weighted by Crippen LogP contribution is 2.33. The zero-order valence-electron chi connectivity index (χ0n) is 13.3. The number of thiophene rings is 1. The molecule has 2 amide bonds. The van der Waals surface area contributed by atoms with Crippen molar-refractivity contribution in [3.63, 3.8) is 0 Å². The maximum Gasteiger partial charge on any atom is 0.339 e. The van der Waals surface area contributed by atoms with Crippen LogP contribution in [0.15, 0.2) is 11.2 Å². The Morgan fingerprint density at radius 1 is 1.35 bits per heavy atom. The smallest absolute Gasteiger partial charge is 0.339 e. The van der Waals surface area contributed by atoms with Gasteiger partial charge in [0, 0.05) is 21.8 Å². The molecule has 0 aliphatic rings. The second-order valence-electron chi connectivity index (χ2n) is 5.16. The van der Waals surface area contributed by atoms with Crippen LogP contribution < -0.4 is 11.2 Å². The van der Waals surface area contributed by atoms with Gasteiger partial charge in [-0.3, -0.25) is 0 Å². The first-order valence-corrected chi connectivity index (χ1v) is 7.66. The van der Waals surface area contributed by atoms with E-state index in [4.69, 9.17) is 5.73 Å². The summed E-state index contributed by atoms with van der Waals surface area (Å²) in [5.41, 5.74) is 10.7. The predicted octanol–water partition coefficient (Wildman–Crippen LogP) is 2.47. The van der Waals surface area contributed by atoms with Gasteiger partial charge in [-0.2, -0.15) is 5.10 Å². The van der Waals surface area contributed by atoms with Crippen LogP contribution in [0.4, 0.5) is 4.79 Å². The van der Waals surface area contributed by atoms with E-state index in [2.05, 4.69) is 10.5 Å². The molecule has 0 spiro atoms. The zero-order valence-corrected chi connectivity index (χ0v) is 14.1. The largest absolute Gasteiger partial charge is 0.478 e. The number of nitrogens with zero attached hydrogens (tertiary/aromatic N) is 2. The summed E-state index contributed by atoms with van der Waals surface area (Å²) < 4.78 is 1.89.